The fraction of sp³-hybridized carbons (Fsp3) is 0.433. The third kappa shape index (κ3) is 7.83. The van der Waals surface area contributed by atoms with E-state index in [-0.39, 0.29) is 11.8 Å². The molecule has 2 aliphatic rings. The normalized spacial score (nSPS) is 16.7. The summed E-state index contributed by atoms with van der Waals surface area (Å²) in [7, 11) is 3.89. The quantitative estimate of drug-likeness (QED) is 0.161. The molecule has 5 rings (SSSR count). The molecule has 3 aromatic rings. The third-order valence-electron chi connectivity index (χ3n) is 6.97. The van der Waals surface area contributed by atoms with Gasteiger partial charge in [-0.25, -0.2) is 4.98 Å². The van der Waals surface area contributed by atoms with Crippen molar-refractivity contribution in [3.63, 3.8) is 0 Å². The lowest BCUT2D eigenvalue weighted by molar-refractivity contribution is -0.135. The van der Waals surface area contributed by atoms with Crippen LogP contribution in [0.4, 0.5) is 17.5 Å². The Morgan fingerprint density at radius 1 is 1.22 bits per heavy atom. The zero-order valence-electron chi connectivity index (χ0n) is 23.6. The molecule has 41 heavy (non-hydrogen) atoms. The number of nitrogens with zero attached hydrogens (tertiary/aromatic N) is 5. The van der Waals surface area contributed by atoms with E-state index in [1.54, 1.807) is 23.4 Å². The summed E-state index contributed by atoms with van der Waals surface area (Å²) >= 11 is 0. The van der Waals surface area contributed by atoms with Gasteiger partial charge in [0.05, 0.1) is 23.5 Å². The number of aromatic nitrogens is 4. The maximum absolute atomic E-state index is 12.8. The van der Waals surface area contributed by atoms with Gasteiger partial charge in [-0.05, 0) is 64.4 Å². The highest BCUT2D eigenvalue weighted by molar-refractivity contribution is 5.93. The van der Waals surface area contributed by atoms with Gasteiger partial charge in [-0.3, -0.25) is 14.7 Å². The predicted molar refractivity (Wildman–Crippen MR) is 160 cm³/mol. The van der Waals surface area contributed by atoms with E-state index in [1.807, 2.05) is 43.3 Å². The Kier molecular flexibility index (Phi) is 9.11. The number of hydrogen-bond acceptors (Lipinski definition) is 8. The molecule has 0 spiro atoms. The lowest BCUT2D eigenvalue weighted by Gasteiger charge is -2.22. The fourth-order valence-corrected chi connectivity index (χ4v) is 4.64. The van der Waals surface area contributed by atoms with E-state index < -0.39 is 6.04 Å². The van der Waals surface area contributed by atoms with Gasteiger partial charge in [-0.2, -0.15) is 10.1 Å². The first-order chi connectivity index (χ1) is 20.0. The number of anilines is 3. The zero-order chi connectivity index (χ0) is 28.6. The molecule has 0 unspecified atom stereocenters. The molecule has 1 aliphatic heterocycles. The molecule has 0 bridgehead atoms. The van der Waals surface area contributed by atoms with Crippen LogP contribution in [0.25, 0.3) is 10.9 Å². The molecule has 4 N–H and O–H groups in total. The monoisotopic (exact) mass is 555 g/mol. The van der Waals surface area contributed by atoms with E-state index >= 15 is 0 Å². The number of aromatic amines is 1. The van der Waals surface area contributed by atoms with E-state index in [0.717, 1.165) is 47.2 Å². The molecule has 2 aromatic heterocycles. The van der Waals surface area contributed by atoms with Gasteiger partial charge in [-0.15, -0.1) is 0 Å². The average molecular weight is 556 g/mol. The topological polar surface area (TPSA) is 131 Å². The summed E-state index contributed by atoms with van der Waals surface area (Å²) in [6.45, 7) is 1.81. The number of nitrogens with one attached hydrogen (secondary N) is 4. The highest BCUT2D eigenvalue weighted by Crippen LogP contribution is 2.27. The van der Waals surface area contributed by atoms with Crippen LogP contribution in [-0.4, -0.2) is 87.6 Å². The van der Waals surface area contributed by atoms with E-state index in [9.17, 15) is 9.59 Å². The minimum atomic E-state index is -0.403. The summed E-state index contributed by atoms with van der Waals surface area (Å²) < 4.78 is 0. The molecule has 214 valence electrons. The lowest BCUT2D eigenvalue weighted by Crippen LogP contribution is -2.45. The van der Waals surface area contributed by atoms with Gasteiger partial charge in [0.2, 0.25) is 17.8 Å². The van der Waals surface area contributed by atoms with E-state index in [1.165, 1.54) is 0 Å². The Labute approximate surface area is 240 Å². The van der Waals surface area contributed by atoms with Crippen molar-refractivity contribution in [2.24, 2.45) is 0 Å². The van der Waals surface area contributed by atoms with Crippen molar-refractivity contribution in [3.05, 3.63) is 48.3 Å². The summed E-state index contributed by atoms with van der Waals surface area (Å²) in [6, 6.07) is 5.93. The van der Waals surface area contributed by atoms with E-state index in [4.69, 9.17) is 4.98 Å². The summed E-state index contributed by atoms with van der Waals surface area (Å²) in [5, 5.41) is 17.7. The number of H-pyrrole nitrogens is 1. The number of likely N-dealkylation sites (N-methyl/N-ethyl adjacent to an activating group) is 1. The van der Waals surface area contributed by atoms with Crippen molar-refractivity contribution in [1.82, 2.24) is 35.3 Å². The van der Waals surface area contributed by atoms with Crippen molar-refractivity contribution >= 4 is 40.2 Å². The molecule has 11 nitrogen and oxygen atoms in total. The van der Waals surface area contributed by atoms with Gasteiger partial charge in [-0.1, -0.05) is 17.9 Å². The Morgan fingerprint density at radius 2 is 2.10 bits per heavy atom. The maximum atomic E-state index is 12.8. The average Bonchev–Trinajstić information content (AvgIpc) is 3.42. The number of fused-ring (bicyclic) bond motifs is 1. The number of rotatable bonds is 11. The fourth-order valence-electron chi connectivity index (χ4n) is 4.64. The molecular weight excluding hydrogens is 518 g/mol. The highest BCUT2D eigenvalue weighted by Gasteiger charge is 2.32. The molecular formula is C30H37N9O2. The van der Waals surface area contributed by atoms with Gasteiger partial charge >= 0.3 is 0 Å². The van der Waals surface area contributed by atoms with Crippen LogP contribution in [0.2, 0.25) is 0 Å². The molecule has 1 aromatic carbocycles. The lowest BCUT2D eigenvalue weighted by atomic mass is 10.2. The van der Waals surface area contributed by atoms with Crippen molar-refractivity contribution < 1.29 is 9.59 Å². The predicted octanol–water partition coefficient (Wildman–Crippen LogP) is 3.03. The summed E-state index contributed by atoms with van der Waals surface area (Å²) in [4.78, 5) is 38.1. The number of likely N-dealkylation sites (tertiary alicyclic amines) is 1. The molecule has 2 amide bonds. The maximum Gasteiger partial charge on any atom is 0.246 e. The Balaban J connectivity index is 1.11. The first-order valence-corrected chi connectivity index (χ1v) is 14.2. The minimum Gasteiger partial charge on any atom is -0.366 e. The number of unbranched alkanes of at least 4 members (excludes halogenated alkanes) is 1. The molecule has 1 atom stereocenters. The van der Waals surface area contributed by atoms with Crippen LogP contribution in [0.1, 0.15) is 44.1 Å². The van der Waals surface area contributed by atoms with Crippen LogP contribution in [0, 0.1) is 11.8 Å². The standard InChI is InChI=1S/C30H37N9O2/c1-38(2)16-7-10-27(40)39-17-6-9-26(39)29(41)31-15-5-3-4-8-21-19-32-30(36-28(21)34-23-11-12-23)35-24-13-14-25-22(18-24)20-33-37-25/h7,10,13-14,18-20,23,26H,3,5-6,9,11-12,15-17H2,1-2H3,(H,31,41)(H,33,37)(H2,32,34,35,36)/b10-7+/t26-/m0/s1. The molecule has 3 heterocycles. The number of carbonyl (C=O) groups excluding carboxylic acids is 2. The van der Waals surface area contributed by atoms with Crippen molar-refractivity contribution in [2.75, 3.05) is 44.4 Å². The van der Waals surface area contributed by atoms with Gasteiger partial charge in [0.1, 0.15) is 11.9 Å². The van der Waals surface area contributed by atoms with Crippen molar-refractivity contribution in [2.45, 2.75) is 50.6 Å². The number of carbonyl (C=O) groups is 2. The summed E-state index contributed by atoms with van der Waals surface area (Å²) in [5.41, 5.74) is 2.60. The third-order valence-corrected chi connectivity index (χ3v) is 6.97. The van der Waals surface area contributed by atoms with E-state index in [0.29, 0.717) is 50.9 Å². The first kappa shape index (κ1) is 28.1. The molecule has 11 heteroatoms. The summed E-state index contributed by atoms with van der Waals surface area (Å²) in [5.74, 6) is 7.41. The van der Waals surface area contributed by atoms with Crippen LogP contribution < -0.4 is 16.0 Å². The van der Waals surface area contributed by atoms with Crippen molar-refractivity contribution in [3.8, 4) is 11.8 Å². The smallest absolute Gasteiger partial charge is 0.246 e. The van der Waals surface area contributed by atoms with Crippen LogP contribution in [-0.2, 0) is 9.59 Å². The van der Waals surface area contributed by atoms with Crippen LogP contribution in [0.3, 0.4) is 0 Å². The second-order valence-corrected chi connectivity index (χ2v) is 10.7. The number of amides is 2. The van der Waals surface area contributed by atoms with Gasteiger partial charge in [0.15, 0.2) is 0 Å². The number of benzene rings is 1. The largest absolute Gasteiger partial charge is 0.366 e. The highest BCUT2D eigenvalue weighted by atomic mass is 16.2. The van der Waals surface area contributed by atoms with Gasteiger partial charge in [0, 0.05) is 49.2 Å². The van der Waals surface area contributed by atoms with Crippen molar-refractivity contribution in [1.29, 1.82) is 0 Å². The SMILES string of the molecule is CN(C)C/C=C/C(=O)N1CCC[C@H]1C(=O)NCCCC#Cc1cnc(Nc2ccc3[nH]ncc3c2)nc1NC1CC1. The van der Waals surface area contributed by atoms with Gasteiger partial charge < -0.3 is 25.8 Å². The van der Waals surface area contributed by atoms with Crippen LogP contribution in [0.15, 0.2) is 42.7 Å². The second kappa shape index (κ2) is 13.3. The Morgan fingerprint density at radius 3 is 2.93 bits per heavy atom. The van der Waals surface area contributed by atoms with E-state index in [2.05, 4.69) is 43.0 Å². The summed E-state index contributed by atoms with van der Waals surface area (Å²) in [6.07, 6.45) is 12.0. The second-order valence-electron chi connectivity index (χ2n) is 10.7. The Hall–Kier alpha value is -4.43. The zero-order valence-corrected chi connectivity index (χ0v) is 23.6. The molecule has 1 aliphatic carbocycles. The van der Waals surface area contributed by atoms with Crippen LogP contribution >= 0.6 is 0 Å². The molecule has 1 saturated carbocycles. The first-order valence-electron chi connectivity index (χ1n) is 14.2. The minimum absolute atomic E-state index is 0.0934. The van der Waals surface area contributed by atoms with Crippen LogP contribution in [0.5, 0.6) is 0 Å². The Bertz CT molecular complexity index is 1470. The molecule has 1 saturated heterocycles. The molecule has 2 fully saturated rings. The number of hydrogen-bond donors (Lipinski definition) is 4. The molecule has 0 radical (unpaired) electrons. The van der Waals surface area contributed by atoms with Gasteiger partial charge in [0.25, 0.3) is 0 Å².